The van der Waals surface area contributed by atoms with Gasteiger partial charge in [0.25, 0.3) is 0 Å². The lowest BCUT2D eigenvalue weighted by molar-refractivity contribution is 0.0974. The van der Waals surface area contributed by atoms with Crippen molar-refractivity contribution in [3.63, 3.8) is 0 Å². The Morgan fingerprint density at radius 2 is 0.797 bits per heavy atom. The van der Waals surface area contributed by atoms with Crippen LogP contribution in [0.4, 0.5) is 22.7 Å². The minimum atomic E-state index is -0.641. The maximum absolute atomic E-state index is 15.4. The summed E-state index contributed by atoms with van der Waals surface area (Å²) in [7, 11) is 0. The van der Waals surface area contributed by atoms with Gasteiger partial charge in [0.1, 0.15) is 11.5 Å². The molecular formula is C66H78N2O6. The number of benzene rings is 6. The van der Waals surface area contributed by atoms with Gasteiger partial charge in [-0.25, -0.2) is 0 Å². The smallest absolute Gasteiger partial charge is 0.200 e. The lowest BCUT2D eigenvalue weighted by Crippen LogP contribution is -2.24. The second-order valence-corrected chi connectivity index (χ2v) is 21.6. The topological polar surface area (TPSA) is 117 Å². The van der Waals surface area contributed by atoms with Crippen LogP contribution in [0.15, 0.2) is 109 Å². The number of rotatable bonds is 22. The second kappa shape index (κ2) is 24.7. The third-order valence-corrected chi connectivity index (χ3v) is 16.3. The minimum absolute atomic E-state index is 0.0222. The van der Waals surface area contributed by atoms with Gasteiger partial charge in [0.05, 0.1) is 33.6 Å². The number of anilines is 4. The second-order valence-electron chi connectivity index (χ2n) is 21.6. The maximum atomic E-state index is 15.4. The zero-order valence-corrected chi connectivity index (χ0v) is 44.4. The normalized spacial score (nSPS) is 18.4. The number of phenolic OH excluding ortho intramolecular Hbond substituents is 2. The van der Waals surface area contributed by atoms with Gasteiger partial charge in [-0.05, 0) is 172 Å². The number of hydrogen-bond donors (Lipinski definition) is 4. The molecule has 3 aliphatic rings. The Labute approximate surface area is 440 Å². The van der Waals surface area contributed by atoms with Crippen LogP contribution in [0.25, 0.3) is 0 Å². The summed E-state index contributed by atoms with van der Waals surface area (Å²) in [5.41, 5.74) is 6.25. The molecule has 0 heterocycles. The molecule has 388 valence electrons. The first-order chi connectivity index (χ1) is 36.1. The van der Waals surface area contributed by atoms with Crippen LogP contribution in [0.5, 0.6) is 34.5 Å². The Hall–Kier alpha value is -6.54. The molecule has 0 aromatic heterocycles. The number of phenols is 2. The summed E-state index contributed by atoms with van der Waals surface area (Å²) in [5.74, 6) is 1.45. The number of carbonyl (C=O) groups is 2. The third kappa shape index (κ3) is 12.2. The monoisotopic (exact) mass is 995 g/mol. The molecule has 0 unspecified atom stereocenters. The molecule has 8 nitrogen and oxygen atoms in total. The number of aryl methyl sites for hydroxylation is 2. The molecule has 0 radical (unpaired) electrons. The molecule has 3 aliphatic carbocycles. The average Bonchev–Trinajstić information content (AvgIpc) is 3.44. The zero-order chi connectivity index (χ0) is 51.6. The van der Waals surface area contributed by atoms with Crippen LogP contribution in [0, 0.1) is 11.8 Å². The number of unbranched alkanes of at least 4 members (excludes halogenated alkanes) is 4. The van der Waals surface area contributed by atoms with Crippen LogP contribution in [0.2, 0.25) is 0 Å². The van der Waals surface area contributed by atoms with E-state index >= 15 is 9.59 Å². The molecule has 74 heavy (non-hydrogen) atoms. The molecule has 6 aromatic rings. The highest BCUT2D eigenvalue weighted by Gasteiger charge is 2.41. The highest BCUT2D eigenvalue weighted by molar-refractivity contribution is 6.34. The first-order valence-corrected chi connectivity index (χ1v) is 28.3. The number of ketones is 2. The van der Waals surface area contributed by atoms with Gasteiger partial charge >= 0.3 is 0 Å². The Bertz CT molecular complexity index is 2640. The first kappa shape index (κ1) is 52.3. The quantitative estimate of drug-likeness (QED) is 0.0496. The van der Waals surface area contributed by atoms with Crippen LogP contribution in [-0.4, -0.2) is 21.8 Å². The van der Waals surface area contributed by atoms with Gasteiger partial charge < -0.3 is 30.3 Å². The zero-order valence-electron chi connectivity index (χ0n) is 44.4. The van der Waals surface area contributed by atoms with Gasteiger partial charge in [0.2, 0.25) is 11.6 Å². The van der Waals surface area contributed by atoms with Crippen LogP contribution in [0.1, 0.15) is 209 Å². The van der Waals surface area contributed by atoms with Gasteiger partial charge in [-0.3, -0.25) is 9.59 Å². The molecule has 6 aromatic carbocycles. The van der Waals surface area contributed by atoms with Crippen molar-refractivity contribution in [2.24, 2.45) is 11.8 Å². The van der Waals surface area contributed by atoms with Crippen molar-refractivity contribution in [3.8, 4) is 34.5 Å². The van der Waals surface area contributed by atoms with E-state index in [1.165, 1.54) is 112 Å². The lowest BCUT2D eigenvalue weighted by Gasteiger charge is -2.29. The number of aromatic hydroxyl groups is 2. The van der Waals surface area contributed by atoms with Crippen LogP contribution in [0.3, 0.4) is 0 Å². The molecule has 8 heteroatoms. The van der Waals surface area contributed by atoms with Crippen molar-refractivity contribution in [2.75, 3.05) is 10.6 Å². The van der Waals surface area contributed by atoms with E-state index in [0.717, 1.165) is 50.4 Å². The number of ether oxygens (including phenoxy) is 2. The summed E-state index contributed by atoms with van der Waals surface area (Å²) in [6.07, 6.45) is 23.6. The number of nitrogens with one attached hydrogen (secondary N) is 2. The van der Waals surface area contributed by atoms with E-state index in [1.807, 2.05) is 48.5 Å². The average molecular weight is 995 g/mol. The van der Waals surface area contributed by atoms with Crippen LogP contribution >= 0.6 is 0 Å². The summed E-state index contributed by atoms with van der Waals surface area (Å²) < 4.78 is 13.0. The Balaban J connectivity index is 1.07. The van der Waals surface area contributed by atoms with E-state index in [0.29, 0.717) is 34.7 Å². The molecule has 4 N–H and O–H groups in total. The largest absolute Gasteiger partial charge is 0.504 e. The molecule has 0 atom stereocenters. The van der Waals surface area contributed by atoms with Crippen molar-refractivity contribution in [1.82, 2.24) is 0 Å². The van der Waals surface area contributed by atoms with E-state index in [-0.39, 0.29) is 45.1 Å². The summed E-state index contributed by atoms with van der Waals surface area (Å²) >= 11 is 0. The van der Waals surface area contributed by atoms with Crippen molar-refractivity contribution < 1.29 is 29.3 Å². The standard InChI is InChI=1S/C66H78N2O6/c1-5-9-13-43-17-25-47(26-18-43)49-29-37-53(38-30-49)73-57-41-55(67-51-33-21-45(22-34-51)15-11-7-3)59-61(63(57)69)65(71)60-56(68-52-35-23-46(24-36-52)16-12-8-4)42-58(64(70)62(60)66(59)72)74-54-39-31-50(32-40-54)48-27-19-44(20-28-48)14-10-6-2/h21-24,29-44,47-48,67-70H,5-20,25-28H2,1-4H3. The molecule has 2 fully saturated rings. The van der Waals surface area contributed by atoms with Gasteiger partial charge in [-0.2, -0.15) is 0 Å². The molecule has 0 bridgehead atoms. The number of fused-ring (bicyclic) bond motifs is 2. The van der Waals surface area contributed by atoms with Crippen LogP contribution in [-0.2, 0) is 12.8 Å². The van der Waals surface area contributed by atoms with Gasteiger partial charge in [-0.1, -0.05) is 128 Å². The van der Waals surface area contributed by atoms with Crippen molar-refractivity contribution in [1.29, 1.82) is 0 Å². The Kier molecular flexibility index (Phi) is 17.4. The highest BCUT2D eigenvalue weighted by Crippen LogP contribution is 2.51. The van der Waals surface area contributed by atoms with E-state index in [9.17, 15) is 10.2 Å². The van der Waals surface area contributed by atoms with E-state index < -0.39 is 23.1 Å². The fourth-order valence-electron chi connectivity index (χ4n) is 11.8. The SMILES string of the molecule is CCCCc1ccc(Nc2cc(Oc3ccc(C4CCC(CCCC)CC4)cc3)c(O)c3c2C(=O)c2c(O)c(Oc4ccc(C5CCC(CCCC)CC5)cc4)cc(Nc4ccc(CCCC)cc4)c2C3=O)cc1. The molecule has 0 saturated heterocycles. The summed E-state index contributed by atoms with van der Waals surface area (Å²) in [6.45, 7) is 8.87. The predicted molar refractivity (Wildman–Crippen MR) is 301 cm³/mol. The molecule has 0 amide bonds. The molecule has 9 rings (SSSR count). The van der Waals surface area contributed by atoms with E-state index in [2.05, 4.69) is 86.9 Å². The summed E-state index contributed by atoms with van der Waals surface area (Å²) in [6, 6.07) is 35.3. The molecule has 2 saturated carbocycles. The van der Waals surface area contributed by atoms with Gasteiger partial charge in [0, 0.05) is 23.5 Å². The molecule has 0 aliphatic heterocycles. The summed E-state index contributed by atoms with van der Waals surface area (Å²) in [4.78, 5) is 30.8. The fraction of sp³-hybridized carbons (Fsp3) is 0.424. The lowest BCUT2D eigenvalue weighted by atomic mass is 9.77. The van der Waals surface area contributed by atoms with E-state index in [4.69, 9.17) is 9.47 Å². The minimum Gasteiger partial charge on any atom is -0.504 e. The van der Waals surface area contributed by atoms with Crippen molar-refractivity contribution >= 4 is 34.3 Å². The Morgan fingerprint density at radius 1 is 0.446 bits per heavy atom. The predicted octanol–water partition coefficient (Wildman–Crippen LogP) is 18.6. The van der Waals surface area contributed by atoms with E-state index in [1.54, 1.807) is 12.1 Å². The number of hydrogen-bond acceptors (Lipinski definition) is 8. The van der Waals surface area contributed by atoms with Crippen molar-refractivity contribution in [3.05, 3.63) is 154 Å². The Morgan fingerprint density at radius 3 is 1.14 bits per heavy atom. The maximum Gasteiger partial charge on any atom is 0.200 e. The highest BCUT2D eigenvalue weighted by atomic mass is 16.5. The molecular weight excluding hydrogens is 917 g/mol. The first-order valence-electron chi connectivity index (χ1n) is 28.3. The number of carbonyl (C=O) groups excluding carboxylic acids is 2. The van der Waals surface area contributed by atoms with Gasteiger partial charge in [-0.15, -0.1) is 0 Å². The van der Waals surface area contributed by atoms with Gasteiger partial charge in [0.15, 0.2) is 23.0 Å². The fourth-order valence-corrected chi connectivity index (χ4v) is 11.8. The molecule has 0 spiro atoms. The van der Waals surface area contributed by atoms with Crippen LogP contribution < -0.4 is 20.1 Å². The van der Waals surface area contributed by atoms with Crippen molar-refractivity contribution in [2.45, 2.75) is 168 Å². The summed E-state index contributed by atoms with van der Waals surface area (Å²) in [5, 5.41) is 31.4. The third-order valence-electron chi connectivity index (χ3n) is 16.3.